The summed E-state index contributed by atoms with van der Waals surface area (Å²) in [6.45, 7) is 0. The molecule has 23 heavy (non-hydrogen) atoms. The SMILES string of the molecule is CSc1ccc(I)c(NC(N)=Nc2cccc3ccccc23)c1. The van der Waals surface area contributed by atoms with Crippen LogP contribution in [-0.2, 0) is 0 Å². The van der Waals surface area contributed by atoms with Crippen molar-refractivity contribution in [3.05, 3.63) is 64.2 Å². The maximum atomic E-state index is 6.12. The summed E-state index contributed by atoms with van der Waals surface area (Å²) >= 11 is 3.99. The highest BCUT2D eigenvalue weighted by Crippen LogP contribution is 2.27. The number of benzene rings is 3. The van der Waals surface area contributed by atoms with Gasteiger partial charge in [0.15, 0.2) is 5.96 Å². The van der Waals surface area contributed by atoms with Crippen LogP contribution in [0.1, 0.15) is 0 Å². The van der Waals surface area contributed by atoms with Gasteiger partial charge in [-0.3, -0.25) is 0 Å². The zero-order valence-electron chi connectivity index (χ0n) is 12.6. The highest BCUT2D eigenvalue weighted by atomic mass is 127. The van der Waals surface area contributed by atoms with Crippen molar-refractivity contribution in [3.8, 4) is 0 Å². The molecule has 0 aliphatic heterocycles. The van der Waals surface area contributed by atoms with Crippen LogP contribution < -0.4 is 11.1 Å². The summed E-state index contributed by atoms with van der Waals surface area (Å²) in [5.41, 5.74) is 7.95. The molecule has 0 radical (unpaired) electrons. The van der Waals surface area contributed by atoms with Crippen LogP contribution in [-0.4, -0.2) is 12.2 Å². The number of hydrogen-bond acceptors (Lipinski definition) is 2. The maximum Gasteiger partial charge on any atom is 0.198 e. The zero-order chi connectivity index (χ0) is 16.2. The predicted octanol–water partition coefficient (Wildman–Crippen LogP) is 5.22. The Kier molecular flexibility index (Phi) is 5.07. The number of nitrogens with zero attached hydrogens (tertiary/aromatic N) is 1. The van der Waals surface area contributed by atoms with E-state index in [1.54, 1.807) is 11.8 Å². The number of aliphatic imine (C=N–C) groups is 1. The molecule has 5 heteroatoms. The number of rotatable bonds is 3. The first kappa shape index (κ1) is 16.1. The van der Waals surface area contributed by atoms with Gasteiger partial charge >= 0.3 is 0 Å². The third kappa shape index (κ3) is 3.79. The predicted molar refractivity (Wildman–Crippen MR) is 110 cm³/mol. The van der Waals surface area contributed by atoms with Gasteiger partial charge in [0.25, 0.3) is 0 Å². The van der Waals surface area contributed by atoms with Crippen molar-refractivity contribution < 1.29 is 0 Å². The van der Waals surface area contributed by atoms with Crippen LogP contribution in [0.5, 0.6) is 0 Å². The molecule has 3 aromatic carbocycles. The first-order valence-corrected chi connectivity index (χ1v) is 9.40. The van der Waals surface area contributed by atoms with Crippen LogP contribution in [0.25, 0.3) is 10.8 Å². The Bertz CT molecular complexity index is 872. The monoisotopic (exact) mass is 433 g/mol. The smallest absolute Gasteiger partial charge is 0.198 e. The Labute approximate surface area is 153 Å². The fourth-order valence-corrected chi connectivity index (χ4v) is 3.24. The molecule has 0 atom stereocenters. The lowest BCUT2D eigenvalue weighted by atomic mass is 10.1. The second-order valence-electron chi connectivity index (χ2n) is 4.97. The van der Waals surface area contributed by atoms with E-state index in [0.717, 1.165) is 25.7 Å². The highest BCUT2D eigenvalue weighted by molar-refractivity contribution is 14.1. The lowest BCUT2D eigenvalue weighted by molar-refractivity contribution is 1.40. The summed E-state index contributed by atoms with van der Waals surface area (Å²) in [5.74, 6) is 0.387. The van der Waals surface area contributed by atoms with Crippen molar-refractivity contribution in [2.24, 2.45) is 10.7 Å². The molecule has 0 aliphatic rings. The summed E-state index contributed by atoms with van der Waals surface area (Å²) in [6.07, 6.45) is 2.06. The minimum absolute atomic E-state index is 0.387. The van der Waals surface area contributed by atoms with Gasteiger partial charge in [0, 0.05) is 13.9 Å². The minimum Gasteiger partial charge on any atom is -0.369 e. The number of nitrogens with one attached hydrogen (secondary N) is 1. The van der Waals surface area contributed by atoms with Gasteiger partial charge in [0.1, 0.15) is 0 Å². The number of anilines is 1. The highest BCUT2D eigenvalue weighted by Gasteiger charge is 2.04. The van der Waals surface area contributed by atoms with Gasteiger partial charge in [-0.25, -0.2) is 4.99 Å². The summed E-state index contributed by atoms with van der Waals surface area (Å²) in [6, 6.07) is 20.4. The van der Waals surface area contributed by atoms with Crippen molar-refractivity contribution in [2.45, 2.75) is 4.90 Å². The molecule has 0 bridgehead atoms. The van der Waals surface area contributed by atoms with E-state index in [-0.39, 0.29) is 0 Å². The molecule has 3 nitrogen and oxygen atoms in total. The van der Waals surface area contributed by atoms with Crippen molar-refractivity contribution in [3.63, 3.8) is 0 Å². The number of nitrogens with two attached hydrogens (primary N) is 1. The number of hydrogen-bond donors (Lipinski definition) is 2. The molecule has 0 spiro atoms. The quantitative estimate of drug-likeness (QED) is 0.258. The van der Waals surface area contributed by atoms with Crippen LogP contribution in [0.2, 0.25) is 0 Å². The van der Waals surface area contributed by atoms with Gasteiger partial charge in [-0.1, -0.05) is 36.4 Å². The molecule has 0 saturated carbocycles. The molecular formula is C18H16IN3S. The average molecular weight is 433 g/mol. The average Bonchev–Trinajstić information content (AvgIpc) is 2.57. The van der Waals surface area contributed by atoms with E-state index in [1.165, 1.54) is 4.90 Å². The molecule has 0 heterocycles. The van der Waals surface area contributed by atoms with E-state index in [1.807, 2.05) is 24.3 Å². The third-order valence-electron chi connectivity index (χ3n) is 3.44. The second kappa shape index (κ2) is 7.23. The lowest BCUT2D eigenvalue weighted by Crippen LogP contribution is -2.22. The first-order valence-electron chi connectivity index (χ1n) is 7.10. The zero-order valence-corrected chi connectivity index (χ0v) is 15.6. The van der Waals surface area contributed by atoms with Crippen LogP contribution in [0, 0.1) is 3.57 Å². The summed E-state index contributed by atoms with van der Waals surface area (Å²) in [5, 5.41) is 5.45. The van der Waals surface area contributed by atoms with E-state index in [9.17, 15) is 0 Å². The van der Waals surface area contributed by atoms with Gasteiger partial charge in [-0.05, 0) is 58.5 Å². The molecular weight excluding hydrogens is 417 g/mol. The fourth-order valence-electron chi connectivity index (χ4n) is 2.33. The van der Waals surface area contributed by atoms with Gasteiger partial charge in [-0.15, -0.1) is 11.8 Å². The molecule has 0 aliphatic carbocycles. The van der Waals surface area contributed by atoms with Crippen molar-refractivity contribution >= 4 is 62.5 Å². The Balaban J connectivity index is 1.93. The van der Waals surface area contributed by atoms with Crippen LogP contribution >= 0.6 is 34.4 Å². The van der Waals surface area contributed by atoms with E-state index < -0.39 is 0 Å². The Hall–Kier alpha value is -1.73. The number of guanidine groups is 1. The van der Waals surface area contributed by atoms with Gasteiger partial charge in [0.2, 0.25) is 0 Å². The Morgan fingerprint density at radius 3 is 2.70 bits per heavy atom. The largest absolute Gasteiger partial charge is 0.369 e. The molecule has 3 aromatic rings. The first-order chi connectivity index (χ1) is 11.2. The summed E-state index contributed by atoms with van der Waals surface area (Å²) in [4.78, 5) is 5.74. The summed E-state index contributed by atoms with van der Waals surface area (Å²) in [7, 11) is 0. The Morgan fingerprint density at radius 2 is 1.87 bits per heavy atom. The maximum absolute atomic E-state index is 6.12. The third-order valence-corrected chi connectivity index (χ3v) is 5.11. The van der Waals surface area contributed by atoms with Gasteiger partial charge in [-0.2, -0.15) is 0 Å². The van der Waals surface area contributed by atoms with Gasteiger partial charge in [0.05, 0.1) is 11.4 Å². The van der Waals surface area contributed by atoms with Crippen LogP contribution in [0.15, 0.2) is 70.6 Å². The number of fused-ring (bicyclic) bond motifs is 1. The molecule has 116 valence electrons. The molecule has 0 fully saturated rings. The second-order valence-corrected chi connectivity index (χ2v) is 7.01. The molecule has 0 amide bonds. The molecule has 0 saturated heterocycles. The minimum atomic E-state index is 0.387. The molecule has 3 rings (SSSR count). The standard InChI is InChI=1S/C18H16IN3S/c1-23-13-9-10-15(19)17(11-13)22-18(20)21-16-8-4-6-12-5-2-3-7-14(12)16/h2-11H,1H3,(H3,20,21,22). The van der Waals surface area contributed by atoms with Gasteiger partial charge < -0.3 is 11.1 Å². The van der Waals surface area contributed by atoms with Crippen molar-refractivity contribution in [1.82, 2.24) is 0 Å². The van der Waals surface area contributed by atoms with Crippen LogP contribution in [0.3, 0.4) is 0 Å². The normalized spacial score (nSPS) is 11.7. The van der Waals surface area contributed by atoms with E-state index in [0.29, 0.717) is 5.96 Å². The number of halogens is 1. The van der Waals surface area contributed by atoms with E-state index in [4.69, 9.17) is 5.73 Å². The van der Waals surface area contributed by atoms with Crippen molar-refractivity contribution in [1.29, 1.82) is 0 Å². The lowest BCUT2D eigenvalue weighted by Gasteiger charge is -2.10. The Morgan fingerprint density at radius 1 is 1.09 bits per heavy atom. The van der Waals surface area contributed by atoms with Crippen molar-refractivity contribution in [2.75, 3.05) is 11.6 Å². The topological polar surface area (TPSA) is 50.4 Å². The molecule has 0 unspecified atom stereocenters. The van der Waals surface area contributed by atoms with E-state index in [2.05, 4.69) is 75.6 Å². The number of thioether (sulfide) groups is 1. The van der Waals surface area contributed by atoms with Crippen LogP contribution in [0.4, 0.5) is 11.4 Å². The summed E-state index contributed by atoms with van der Waals surface area (Å²) < 4.78 is 1.11. The molecule has 0 aromatic heterocycles. The molecule has 3 N–H and O–H groups in total. The van der Waals surface area contributed by atoms with E-state index >= 15 is 0 Å². The fraction of sp³-hybridized carbons (Fsp3) is 0.0556.